The van der Waals surface area contributed by atoms with E-state index >= 15 is 0 Å². The molecule has 1 N–H and O–H groups in total. The Bertz CT molecular complexity index is 596. The number of carbonyl (C=O) groups excluding carboxylic acids is 2. The Morgan fingerprint density at radius 2 is 2.12 bits per heavy atom. The molecule has 0 aliphatic carbocycles. The van der Waals surface area contributed by atoms with Crippen LogP contribution in [-0.2, 0) is 0 Å². The van der Waals surface area contributed by atoms with Crippen LogP contribution >= 0.6 is 11.3 Å². The molecule has 0 saturated heterocycles. The van der Waals surface area contributed by atoms with Gasteiger partial charge in [-0.15, -0.1) is 11.3 Å². The Morgan fingerprint density at radius 1 is 1.41 bits per heavy atom. The van der Waals surface area contributed by atoms with Gasteiger partial charge in [-0.25, -0.2) is 0 Å². The lowest BCUT2D eigenvalue weighted by atomic mass is 10.1. The molecule has 2 rings (SSSR count). The van der Waals surface area contributed by atoms with Crippen molar-refractivity contribution in [1.29, 1.82) is 0 Å². The van der Waals surface area contributed by atoms with Crippen LogP contribution in [0.5, 0.6) is 0 Å². The van der Waals surface area contributed by atoms with Crippen LogP contribution in [0.2, 0.25) is 0 Å². The van der Waals surface area contributed by atoms with Gasteiger partial charge in [0.1, 0.15) is 5.69 Å². The first kappa shape index (κ1) is 11.7. The van der Waals surface area contributed by atoms with Gasteiger partial charge in [-0.2, -0.15) is 5.10 Å². The lowest BCUT2D eigenvalue weighted by molar-refractivity contribution is 0.103. The van der Waals surface area contributed by atoms with E-state index in [4.69, 9.17) is 0 Å². The highest BCUT2D eigenvalue weighted by Gasteiger charge is 2.19. The van der Waals surface area contributed by atoms with Gasteiger partial charge in [0.2, 0.25) is 5.78 Å². The van der Waals surface area contributed by atoms with Gasteiger partial charge >= 0.3 is 0 Å². The van der Waals surface area contributed by atoms with E-state index in [1.165, 1.54) is 11.3 Å². The summed E-state index contributed by atoms with van der Waals surface area (Å²) in [4.78, 5) is 24.3. The van der Waals surface area contributed by atoms with E-state index in [0.717, 1.165) is 22.4 Å². The summed E-state index contributed by atoms with van der Waals surface area (Å²) >= 11 is 1.33. The quantitative estimate of drug-likeness (QED) is 0.670. The second-order valence-corrected chi connectivity index (χ2v) is 5.15. The van der Waals surface area contributed by atoms with E-state index in [1.807, 2.05) is 20.8 Å². The van der Waals surface area contributed by atoms with Crippen molar-refractivity contribution in [2.24, 2.45) is 0 Å². The largest absolute Gasteiger partial charge is 0.298 e. The van der Waals surface area contributed by atoms with Gasteiger partial charge in [0.05, 0.1) is 4.88 Å². The Hall–Kier alpha value is -1.75. The highest BCUT2D eigenvalue weighted by molar-refractivity contribution is 7.14. The highest BCUT2D eigenvalue weighted by atomic mass is 32.1. The van der Waals surface area contributed by atoms with Crippen LogP contribution in [0.15, 0.2) is 6.07 Å². The van der Waals surface area contributed by atoms with Crippen molar-refractivity contribution in [1.82, 2.24) is 10.2 Å². The zero-order chi connectivity index (χ0) is 12.6. The third kappa shape index (κ3) is 1.93. The van der Waals surface area contributed by atoms with Crippen molar-refractivity contribution >= 4 is 23.4 Å². The summed E-state index contributed by atoms with van der Waals surface area (Å²) in [5, 5.41) is 6.79. The van der Waals surface area contributed by atoms with Gasteiger partial charge in [0.25, 0.3) is 0 Å². The summed E-state index contributed by atoms with van der Waals surface area (Å²) < 4.78 is 0. The zero-order valence-corrected chi connectivity index (χ0v) is 10.6. The van der Waals surface area contributed by atoms with Crippen molar-refractivity contribution in [3.05, 3.63) is 38.3 Å². The average Bonchev–Trinajstić information content (AvgIpc) is 2.83. The summed E-state index contributed by atoms with van der Waals surface area (Å²) in [5.74, 6) is -0.131. The first-order chi connectivity index (χ1) is 8.04. The van der Waals surface area contributed by atoms with E-state index in [9.17, 15) is 9.59 Å². The SMILES string of the molecule is Cc1[nH]nc(C(=O)c2cc(C=O)c(C)s2)c1C. The molecule has 0 unspecified atom stereocenters. The topological polar surface area (TPSA) is 62.8 Å². The van der Waals surface area contributed by atoms with Crippen molar-refractivity contribution in [3.63, 3.8) is 0 Å². The number of ketones is 1. The van der Waals surface area contributed by atoms with Gasteiger partial charge in [-0.1, -0.05) is 0 Å². The van der Waals surface area contributed by atoms with Crippen LogP contribution in [0.3, 0.4) is 0 Å². The molecule has 0 fully saturated rings. The number of nitrogens with one attached hydrogen (secondary N) is 1. The minimum atomic E-state index is -0.131. The normalized spacial score (nSPS) is 10.5. The number of hydrogen-bond acceptors (Lipinski definition) is 4. The summed E-state index contributed by atoms with van der Waals surface area (Å²) in [6.07, 6.45) is 0.769. The number of thiophene rings is 1. The standard InChI is InChI=1S/C12H12N2O2S/c1-6-7(2)13-14-11(6)12(16)10-4-9(5-15)8(3)17-10/h4-5H,1-3H3,(H,13,14). The third-order valence-corrected chi connectivity index (χ3v) is 3.84. The molecule has 2 aromatic rings. The predicted octanol–water partition coefficient (Wildman–Crippen LogP) is 2.44. The van der Waals surface area contributed by atoms with Gasteiger partial charge in [0, 0.05) is 21.7 Å². The predicted molar refractivity (Wildman–Crippen MR) is 65.9 cm³/mol. The number of aromatic nitrogens is 2. The molecule has 17 heavy (non-hydrogen) atoms. The Balaban J connectivity index is 2.43. The molecule has 2 aromatic heterocycles. The van der Waals surface area contributed by atoms with Crippen molar-refractivity contribution in [2.75, 3.05) is 0 Å². The minimum absolute atomic E-state index is 0.131. The average molecular weight is 248 g/mol. The van der Waals surface area contributed by atoms with E-state index in [0.29, 0.717) is 16.1 Å². The minimum Gasteiger partial charge on any atom is -0.298 e. The summed E-state index contributed by atoms with van der Waals surface area (Å²) in [5.41, 5.74) is 2.75. The molecular formula is C12H12N2O2S. The number of aryl methyl sites for hydroxylation is 2. The fourth-order valence-corrected chi connectivity index (χ4v) is 2.48. The fourth-order valence-electron chi connectivity index (χ4n) is 1.55. The lowest BCUT2D eigenvalue weighted by Gasteiger charge is -1.94. The van der Waals surface area contributed by atoms with E-state index in [-0.39, 0.29) is 5.78 Å². The molecule has 0 saturated carbocycles. The summed E-state index contributed by atoms with van der Waals surface area (Å²) in [6.45, 7) is 5.55. The maximum absolute atomic E-state index is 12.2. The molecule has 2 heterocycles. The highest BCUT2D eigenvalue weighted by Crippen LogP contribution is 2.23. The van der Waals surface area contributed by atoms with Gasteiger partial charge < -0.3 is 0 Å². The lowest BCUT2D eigenvalue weighted by Crippen LogP contribution is -2.01. The van der Waals surface area contributed by atoms with Crippen LogP contribution in [0.1, 0.15) is 41.9 Å². The molecule has 0 aliphatic rings. The Kier molecular flexibility index (Phi) is 2.93. The van der Waals surface area contributed by atoms with Gasteiger partial charge in [0.15, 0.2) is 6.29 Å². The molecule has 0 amide bonds. The van der Waals surface area contributed by atoms with Crippen LogP contribution < -0.4 is 0 Å². The third-order valence-electron chi connectivity index (χ3n) is 2.78. The molecule has 0 radical (unpaired) electrons. The van der Waals surface area contributed by atoms with Crippen molar-refractivity contribution in [2.45, 2.75) is 20.8 Å². The Morgan fingerprint density at radius 3 is 2.59 bits per heavy atom. The fraction of sp³-hybridized carbons (Fsp3) is 0.250. The van der Waals surface area contributed by atoms with E-state index in [2.05, 4.69) is 10.2 Å². The number of carbonyl (C=O) groups is 2. The molecule has 0 atom stereocenters. The first-order valence-corrected chi connectivity index (χ1v) is 5.98. The first-order valence-electron chi connectivity index (χ1n) is 5.16. The van der Waals surface area contributed by atoms with Crippen LogP contribution in [-0.4, -0.2) is 22.3 Å². The number of rotatable bonds is 3. The van der Waals surface area contributed by atoms with E-state index in [1.54, 1.807) is 6.07 Å². The zero-order valence-electron chi connectivity index (χ0n) is 9.83. The molecule has 0 aromatic carbocycles. The summed E-state index contributed by atoms with van der Waals surface area (Å²) in [6, 6.07) is 1.62. The number of aldehydes is 1. The molecule has 5 heteroatoms. The van der Waals surface area contributed by atoms with Gasteiger partial charge in [-0.3, -0.25) is 14.7 Å². The maximum Gasteiger partial charge on any atom is 0.223 e. The van der Waals surface area contributed by atoms with Crippen molar-refractivity contribution < 1.29 is 9.59 Å². The second kappa shape index (κ2) is 4.25. The maximum atomic E-state index is 12.2. The molecule has 88 valence electrons. The number of nitrogens with zero attached hydrogens (tertiary/aromatic N) is 1. The molecule has 4 nitrogen and oxygen atoms in total. The van der Waals surface area contributed by atoms with Crippen LogP contribution in [0.25, 0.3) is 0 Å². The number of H-pyrrole nitrogens is 1. The second-order valence-electron chi connectivity index (χ2n) is 3.89. The molecular weight excluding hydrogens is 236 g/mol. The van der Waals surface area contributed by atoms with Crippen LogP contribution in [0, 0.1) is 20.8 Å². The number of hydrogen-bond donors (Lipinski definition) is 1. The molecule has 0 spiro atoms. The molecule has 0 aliphatic heterocycles. The number of aromatic amines is 1. The smallest absolute Gasteiger partial charge is 0.223 e. The summed E-state index contributed by atoms with van der Waals surface area (Å²) in [7, 11) is 0. The van der Waals surface area contributed by atoms with Gasteiger partial charge in [-0.05, 0) is 26.8 Å². The Labute approximate surface area is 103 Å². The van der Waals surface area contributed by atoms with E-state index < -0.39 is 0 Å². The van der Waals surface area contributed by atoms with Crippen LogP contribution in [0.4, 0.5) is 0 Å². The molecule has 0 bridgehead atoms. The van der Waals surface area contributed by atoms with Crippen molar-refractivity contribution in [3.8, 4) is 0 Å². The monoisotopic (exact) mass is 248 g/mol.